The minimum Gasteiger partial charge on any atom is -0.480 e. The summed E-state index contributed by atoms with van der Waals surface area (Å²) in [6.07, 6.45) is 1.63. The smallest absolute Gasteiger partial charge is 0.317 e. The lowest BCUT2D eigenvalue weighted by molar-refractivity contribution is -0.384. The summed E-state index contributed by atoms with van der Waals surface area (Å²) in [5.41, 5.74) is 3.86. The molecule has 0 aliphatic heterocycles. The third-order valence-electron chi connectivity index (χ3n) is 7.97. The van der Waals surface area contributed by atoms with E-state index in [0.717, 1.165) is 4.90 Å². The van der Waals surface area contributed by atoms with E-state index in [1.54, 1.807) is 54.7 Å². The van der Waals surface area contributed by atoms with E-state index in [9.17, 15) is 44.3 Å². The van der Waals surface area contributed by atoms with Gasteiger partial charge in [0, 0.05) is 44.5 Å². The van der Waals surface area contributed by atoms with Crippen LogP contribution < -0.4 is 5.32 Å². The van der Waals surface area contributed by atoms with Crippen molar-refractivity contribution >= 4 is 35.5 Å². The number of carboxylic acid groups (broad SMARTS) is 4. The van der Waals surface area contributed by atoms with E-state index in [1.807, 2.05) is 12.1 Å². The van der Waals surface area contributed by atoms with Crippen LogP contribution in [0.2, 0.25) is 0 Å². The van der Waals surface area contributed by atoms with Crippen molar-refractivity contribution in [2.75, 3.05) is 58.9 Å². The van der Waals surface area contributed by atoms with Gasteiger partial charge in [0.1, 0.15) is 0 Å². The number of carbonyl (C=O) groups is 5. The van der Waals surface area contributed by atoms with Crippen LogP contribution in [0.1, 0.15) is 5.69 Å². The molecule has 0 aliphatic carbocycles. The zero-order valence-corrected chi connectivity index (χ0v) is 29.4. The average molecular weight is 759 g/mol. The van der Waals surface area contributed by atoms with Gasteiger partial charge in [0.15, 0.2) is 0 Å². The summed E-state index contributed by atoms with van der Waals surface area (Å²) in [4.78, 5) is 86.8. The summed E-state index contributed by atoms with van der Waals surface area (Å²) in [6.45, 7) is -2.75. The van der Waals surface area contributed by atoms with Crippen molar-refractivity contribution in [3.8, 4) is 33.9 Å². The Bertz CT molecular complexity index is 1980. The highest BCUT2D eigenvalue weighted by atomic mass is 16.6. The molecule has 3 aromatic heterocycles. The Morgan fingerprint density at radius 3 is 1.67 bits per heavy atom. The van der Waals surface area contributed by atoms with E-state index in [-0.39, 0.29) is 45.0 Å². The predicted molar refractivity (Wildman–Crippen MR) is 194 cm³/mol. The third kappa shape index (κ3) is 13.7. The number of nitro groups is 1. The third-order valence-corrected chi connectivity index (χ3v) is 7.97. The summed E-state index contributed by atoms with van der Waals surface area (Å²) in [7, 11) is 0. The topological polar surface area (TPSA) is 270 Å². The summed E-state index contributed by atoms with van der Waals surface area (Å²) < 4.78 is 0. The molecule has 19 heteroatoms. The van der Waals surface area contributed by atoms with Crippen LogP contribution in [0.15, 0.2) is 79.0 Å². The molecule has 0 spiro atoms. The first-order valence-electron chi connectivity index (χ1n) is 16.7. The molecule has 0 saturated heterocycles. The molecule has 0 atom stereocenters. The average Bonchev–Trinajstić information content (AvgIpc) is 3.14. The molecular weight excluding hydrogens is 720 g/mol. The second-order valence-corrected chi connectivity index (χ2v) is 12.2. The van der Waals surface area contributed by atoms with Crippen LogP contribution in [-0.4, -0.2) is 144 Å². The fraction of sp³-hybridized carbons (Fsp3) is 0.278. The highest BCUT2D eigenvalue weighted by Crippen LogP contribution is 2.30. The molecule has 4 rings (SSSR count). The normalized spacial score (nSPS) is 11.1. The van der Waals surface area contributed by atoms with Crippen LogP contribution in [0.5, 0.6) is 0 Å². The van der Waals surface area contributed by atoms with Crippen molar-refractivity contribution in [3.05, 3.63) is 94.8 Å². The second kappa shape index (κ2) is 19.9. The molecule has 0 radical (unpaired) electrons. The van der Waals surface area contributed by atoms with Gasteiger partial charge in [-0.1, -0.05) is 12.1 Å². The molecule has 4 aromatic rings. The van der Waals surface area contributed by atoms with Crippen molar-refractivity contribution in [2.24, 2.45) is 0 Å². The van der Waals surface area contributed by atoms with Gasteiger partial charge in [0.2, 0.25) is 5.91 Å². The number of amides is 1. The van der Waals surface area contributed by atoms with Crippen molar-refractivity contribution < 1.29 is 49.3 Å². The van der Waals surface area contributed by atoms with Crippen LogP contribution in [0.3, 0.4) is 0 Å². The summed E-state index contributed by atoms with van der Waals surface area (Å²) >= 11 is 0. The lowest BCUT2D eigenvalue weighted by Gasteiger charge is -2.27. The van der Waals surface area contributed by atoms with Crippen LogP contribution in [0.4, 0.5) is 5.69 Å². The highest BCUT2D eigenvalue weighted by molar-refractivity contribution is 5.79. The molecule has 0 bridgehead atoms. The number of hydrogen-bond acceptors (Lipinski definition) is 13. The molecule has 0 unspecified atom stereocenters. The SMILES string of the molecule is O=C(O)CN(CCN(CC(=O)O)CC(=O)O)CCN(CC(=O)O)CC(=O)NCc1cccc(-c2cc(-c3ccc([N+](=O)[O-])cc3)cc(-c3ccccn3)n2)n1. The lowest BCUT2D eigenvalue weighted by atomic mass is 10.0. The molecule has 5 N–H and O–H groups in total. The monoisotopic (exact) mass is 758 g/mol. The number of nitro benzene ring substituents is 1. The van der Waals surface area contributed by atoms with Gasteiger partial charge >= 0.3 is 23.9 Å². The zero-order valence-electron chi connectivity index (χ0n) is 29.4. The fourth-order valence-electron chi connectivity index (χ4n) is 5.45. The number of hydrogen-bond donors (Lipinski definition) is 5. The molecule has 1 amide bonds. The van der Waals surface area contributed by atoms with Crippen molar-refractivity contribution in [3.63, 3.8) is 0 Å². The molecule has 1 aromatic carbocycles. The van der Waals surface area contributed by atoms with Crippen LogP contribution >= 0.6 is 0 Å². The maximum Gasteiger partial charge on any atom is 0.317 e. The van der Waals surface area contributed by atoms with Gasteiger partial charge < -0.3 is 25.7 Å². The van der Waals surface area contributed by atoms with Gasteiger partial charge in [0.05, 0.1) is 72.7 Å². The number of nitrogens with one attached hydrogen (secondary N) is 1. The van der Waals surface area contributed by atoms with E-state index in [4.69, 9.17) is 15.2 Å². The first-order valence-corrected chi connectivity index (χ1v) is 16.7. The quantitative estimate of drug-likeness (QED) is 0.0563. The molecule has 0 aliphatic rings. The molecular formula is C36H38N8O11. The molecule has 3 heterocycles. The number of nitrogens with zero attached hydrogens (tertiary/aromatic N) is 7. The number of carbonyl (C=O) groups excluding carboxylic acids is 1. The molecule has 19 nitrogen and oxygen atoms in total. The van der Waals surface area contributed by atoms with Crippen LogP contribution in [0, 0.1) is 10.1 Å². The minimum absolute atomic E-state index is 0.0170. The van der Waals surface area contributed by atoms with E-state index >= 15 is 0 Å². The Kier molecular flexibility index (Phi) is 14.9. The minimum atomic E-state index is -1.26. The Morgan fingerprint density at radius 2 is 1.13 bits per heavy atom. The van der Waals surface area contributed by atoms with E-state index < -0.39 is 60.9 Å². The predicted octanol–water partition coefficient (Wildman–Crippen LogP) is 1.64. The van der Waals surface area contributed by atoms with Gasteiger partial charge in [-0.25, -0.2) is 9.97 Å². The Hall–Kier alpha value is -6.70. The standard InChI is InChI=1S/C36H38N8O11/c45-32(19-42(21-34(48)49)14-12-41(20-33(46)47)13-15-43(22-35(50)51)23-36(52)53)38-18-26-4-3-6-29(39-26)31-17-25(24-7-9-27(10-8-24)44(54)55)16-30(40-31)28-5-1-2-11-37-28/h1-11,16-17H,12-15,18-23H2,(H,38,45)(H,46,47)(H,48,49)(H,50,51)(H,52,53). The largest absolute Gasteiger partial charge is 0.480 e. The molecule has 55 heavy (non-hydrogen) atoms. The summed E-state index contributed by atoms with van der Waals surface area (Å²) in [6, 6.07) is 20.2. The second-order valence-electron chi connectivity index (χ2n) is 12.2. The molecule has 0 fully saturated rings. The van der Waals surface area contributed by atoms with E-state index in [2.05, 4.69) is 15.3 Å². The van der Waals surface area contributed by atoms with E-state index in [0.29, 0.717) is 39.6 Å². The first-order chi connectivity index (χ1) is 26.2. The maximum atomic E-state index is 13.0. The number of non-ortho nitro benzene ring substituents is 1. The van der Waals surface area contributed by atoms with Gasteiger partial charge in [-0.15, -0.1) is 0 Å². The van der Waals surface area contributed by atoms with Crippen molar-refractivity contribution in [1.82, 2.24) is 35.0 Å². The van der Waals surface area contributed by atoms with Crippen LogP contribution in [0.25, 0.3) is 33.9 Å². The van der Waals surface area contributed by atoms with Crippen molar-refractivity contribution in [1.29, 1.82) is 0 Å². The highest BCUT2D eigenvalue weighted by Gasteiger charge is 2.20. The van der Waals surface area contributed by atoms with Crippen LogP contribution in [-0.2, 0) is 30.5 Å². The first kappa shape index (κ1) is 41.1. The number of pyridine rings is 3. The molecule has 288 valence electrons. The summed E-state index contributed by atoms with van der Waals surface area (Å²) in [5, 5.41) is 50.9. The Balaban J connectivity index is 1.45. The Labute approximate surface area is 313 Å². The van der Waals surface area contributed by atoms with Gasteiger partial charge in [-0.2, -0.15) is 0 Å². The Morgan fingerprint density at radius 1 is 0.600 bits per heavy atom. The number of rotatable bonds is 22. The van der Waals surface area contributed by atoms with E-state index in [1.165, 1.54) is 21.9 Å². The fourth-order valence-corrected chi connectivity index (χ4v) is 5.45. The van der Waals surface area contributed by atoms with Crippen molar-refractivity contribution in [2.45, 2.75) is 6.54 Å². The maximum absolute atomic E-state index is 13.0. The number of aliphatic carboxylic acids is 4. The molecule has 0 saturated carbocycles. The lowest BCUT2D eigenvalue weighted by Crippen LogP contribution is -2.46. The number of aromatic nitrogens is 3. The van der Waals surface area contributed by atoms with Gasteiger partial charge in [-0.05, 0) is 59.7 Å². The number of benzene rings is 1. The van der Waals surface area contributed by atoms with Gasteiger partial charge in [-0.3, -0.25) is 53.8 Å². The zero-order chi connectivity index (χ0) is 39.9. The summed E-state index contributed by atoms with van der Waals surface area (Å²) in [5.74, 6) is -5.49. The van der Waals surface area contributed by atoms with Gasteiger partial charge in [0.25, 0.3) is 5.69 Å². The number of carboxylic acids is 4.